The molecule has 0 bridgehead atoms. The van der Waals surface area contributed by atoms with Gasteiger partial charge in [-0.25, -0.2) is 14.4 Å². The van der Waals surface area contributed by atoms with Gasteiger partial charge < -0.3 is 33.9 Å². The van der Waals surface area contributed by atoms with E-state index in [1.54, 1.807) is 48.5 Å². The van der Waals surface area contributed by atoms with Gasteiger partial charge in [-0.2, -0.15) is 0 Å². The minimum Gasteiger partial charge on any atom is -0.494 e. The van der Waals surface area contributed by atoms with Gasteiger partial charge in [-0.15, -0.1) is 0 Å². The zero-order valence-electron chi connectivity index (χ0n) is 33.6. The van der Waals surface area contributed by atoms with E-state index in [-0.39, 0.29) is 41.4 Å². The number of aliphatic hydroxyl groups is 2. The molecular formula is C50H48O10. The number of carbonyl (C=O) groups is 3. The molecule has 5 aromatic carbocycles. The molecule has 0 saturated heterocycles. The molecule has 0 aliphatic rings. The van der Waals surface area contributed by atoms with Crippen molar-refractivity contribution in [3.05, 3.63) is 154 Å². The number of carbonyl (C=O) groups excluding carboxylic acids is 3. The molecule has 0 unspecified atom stereocenters. The van der Waals surface area contributed by atoms with Crippen LogP contribution in [0.1, 0.15) is 105 Å². The fraction of sp³-hybridized carbons (Fsp3) is 0.260. The second-order valence-electron chi connectivity index (χ2n) is 13.6. The summed E-state index contributed by atoms with van der Waals surface area (Å²) in [4.78, 5) is 38.8. The van der Waals surface area contributed by atoms with E-state index in [0.717, 1.165) is 74.0 Å². The first-order valence-electron chi connectivity index (χ1n) is 19.9. The third-order valence-electron chi connectivity index (χ3n) is 9.06. The van der Waals surface area contributed by atoms with Gasteiger partial charge in [0.25, 0.3) is 0 Å². The van der Waals surface area contributed by atoms with Crippen LogP contribution in [0, 0.1) is 23.7 Å². The third-order valence-corrected chi connectivity index (χ3v) is 9.06. The third kappa shape index (κ3) is 14.5. The van der Waals surface area contributed by atoms with Crippen LogP contribution in [0.5, 0.6) is 23.0 Å². The van der Waals surface area contributed by atoms with Gasteiger partial charge in [0, 0.05) is 35.5 Å². The Kier molecular flexibility index (Phi) is 17.8. The molecule has 308 valence electrons. The molecule has 10 heteroatoms. The molecule has 2 N–H and O–H groups in total. The molecule has 0 atom stereocenters. The maximum absolute atomic E-state index is 13.1. The zero-order chi connectivity index (χ0) is 42.4. The van der Waals surface area contributed by atoms with Crippen LogP contribution < -0.4 is 18.9 Å². The summed E-state index contributed by atoms with van der Waals surface area (Å²) in [5.41, 5.74) is 3.39. The molecule has 0 heterocycles. The number of esters is 3. The van der Waals surface area contributed by atoms with Gasteiger partial charge >= 0.3 is 17.9 Å². The van der Waals surface area contributed by atoms with Gasteiger partial charge in [-0.1, -0.05) is 36.5 Å². The molecule has 0 aromatic heterocycles. The Bertz CT molecular complexity index is 2270. The van der Waals surface area contributed by atoms with Gasteiger partial charge in [-0.3, -0.25) is 0 Å². The van der Waals surface area contributed by atoms with E-state index < -0.39 is 17.9 Å². The first-order chi connectivity index (χ1) is 29.3. The summed E-state index contributed by atoms with van der Waals surface area (Å²) in [7, 11) is 1.19. The Balaban J connectivity index is 1.12. The second-order valence-corrected chi connectivity index (χ2v) is 13.6. The van der Waals surface area contributed by atoms with E-state index in [1.807, 2.05) is 48.5 Å². The SMILES string of the molecule is COC(=O)c1cc(OC(=O)c2ccc(C#Cc3ccc(OCCCCCCO)cc3)cc2)ccc1OC(=O)c1ccc(C#Cc2ccc(OCCCCCCO)cc2)cc1. The standard InChI is InChI=1S/C50H48O10/c1-56-50(55)46-36-45(59-48(53)41-22-14-37(15-23-41)10-12-39-18-26-43(27-19-39)57-34-8-4-2-6-32-51)30-31-47(46)60-49(54)42-24-16-38(17-25-42)11-13-40-20-28-44(29-21-40)58-35-9-5-3-7-33-52/h14-31,36,51-52H,2-9,32-35H2,1H3. The summed E-state index contributed by atoms with van der Waals surface area (Å²) in [6, 6.07) is 32.2. The molecule has 0 radical (unpaired) electrons. The maximum Gasteiger partial charge on any atom is 0.343 e. The first-order valence-corrected chi connectivity index (χ1v) is 19.9. The minimum absolute atomic E-state index is 0.0496. The fourth-order valence-corrected chi connectivity index (χ4v) is 5.71. The number of hydrogen-bond donors (Lipinski definition) is 2. The number of ether oxygens (including phenoxy) is 5. The number of hydrogen-bond acceptors (Lipinski definition) is 10. The lowest BCUT2D eigenvalue weighted by atomic mass is 10.1. The van der Waals surface area contributed by atoms with Gasteiger partial charge in [-0.05, 0) is 154 Å². The number of rotatable bonds is 19. The van der Waals surface area contributed by atoms with Crippen molar-refractivity contribution >= 4 is 17.9 Å². The Morgan fingerprint density at radius 3 is 1.25 bits per heavy atom. The fourth-order valence-electron chi connectivity index (χ4n) is 5.71. The number of benzene rings is 5. The van der Waals surface area contributed by atoms with Crippen LogP contribution in [0.15, 0.2) is 115 Å². The lowest BCUT2D eigenvalue weighted by Gasteiger charge is -2.11. The number of methoxy groups -OCH3 is 1. The van der Waals surface area contributed by atoms with Crippen molar-refractivity contribution in [1.82, 2.24) is 0 Å². The Morgan fingerprint density at radius 2 is 0.833 bits per heavy atom. The summed E-state index contributed by atoms with van der Waals surface area (Å²) in [6.45, 7) is 1.68. The highest BCUT2D eigenvalue weighted by Crippen LogP contribution is 2.27. The van der Waals surface area contributed by atoms with Crippen LogP contribution in [0.2, 0.25) is 0 Å². The highest BCUT2D eigenvalue weighted by Gasteiger charge is 2.20. The van der Waals surface area contributed by atoms with Crippen LogP contribution >= 0.6 is 0 Å². The summed E-state index contributed by atoms with van der Waals surface area (Å²) in [5.74, 6) is 11.7. The van der Waals surface area contributed by atoms with Crippen molar-refractivity contribution in [3.8, 4) is 46.7 Å². The molecule has 60 heavy (non-hydrogen) atoms. The Labute approximate surface area is 351 Å². The van der Waals surface area contributed by atoms with E-state index in [1.165, 1.54) is 25.3 Å². The van der Waals surface area contributed by atoms with Crippen molar-refractivity contribution in [2.45, 2.75) is 51.4 Å². The molecule has 10 nitrogen and oxygen atoms in total. The quantitative estimate of drug-likeness (QED) is 0.0361. The molecule has 0 saturated carbocycles. The zero-order valence-corrected chi connectivity index (χ0v) is 33.6. The number of unbranched alkanes of at least 4 members (excludes halogenated alkanes) is 6. The van der Waals surface area contributed by atoms with E-state index in [9.17, 15) is 14.4 Å². The first kappa shape index (κ1) is 44.3. The predicted octanol–water partition coefficient (Wildman–Crippen LogP) is 8.57. The van der Waals surface area contributed by atoms with Gasteiger partial charge in [0.15, 0.2) is 0 Å². The van der Waals surface area contributed by atoms with Crippen LogP contribution in [0.4, 0.5) is 0 Å². The van der Waals surface area contributed by atoms with Crippen LogP contribution in [0.3, 0.4) is 0 Å². The molecule has 0 aliphatic carbocycles. The van der Waals surface area contributed by atoms with Crippen molar-refractivity contribution in [3.63, 3.8) is 0 Å². The van der Waals surface area contributed by atoms with Gasteiger partial charge in [0.2, 0.25) is 0 Å². The Morgan fingerprint density at radius 1 is 0.450 bits per heavy atom. The normalized spacial score (nSPS) is 10.3. The molecule has 0 fully saturated rings. The molecule has 5 aromatic rings. The summed E-state index contributed by atoms with van der Waals surface area (Å²) < 4.78 is 27.6. The van der Waals surface area contributed by atoms with Crippen LogP contribution in [-0.4, -0.2) is 61.7 Å². The smallest absolute Gasteiger partial charge is 0.343 e. The predicted molar refractivity (Wildman–Crippen MR) is 228 cm³/mol. The van der Waals surface area contributed by atoms with E-state index in [4.69, 9.17) is 33.9 Å². The monoisotopic (exact) mass is 808 g/mol. The van der Waals surface area contributed by atoms with E-state index in [0.29, 0.717) is 24.3 Å². The highest BCUT2D eigenvalue weighted by atomic mass is 16.6. The van der Waals surface area contributed by atoms with E-state index >= 15 is 0 Å². The molecule has 5 rings (SSSR count). The topological polar surface area (TPSA) is 138 Å². The van der Waals surface area contributed by atoms with E-state index in [2.05, 4.69) is 23.7 Å². The maximum atomic E-state index is 13.1. The molecule has 0 spiro atoms. The van der Waals surface area contributed by atoms with Crippen LogP contribution in [0.25, 0.3) is 0 Å². The minimum atomic E-state index is -0.787. The average molecular weight is 809 g/mol. The Hall–Kier alpha value is -6.85. The lowest BCUT2D eigenvalue weighted by Crippen LogP contribution is -2.13. The van der Waals surface area contributed by atoms with Gasteiger partial charge in [0.05, 0.1) is 31.5 Å². The lowest BCUT2D eigenvalue weighted by molar-refractivity contribution is 0.0589. The summed E-state index contributed by atoms with van der Waals surface area (Å²) >= 11 is 0. The van der Waals surface area contributed by atoms with Crippen molar-refractivity contribution in [2.24, 2.45) is 0 Å². The van der Waals surface area contributed by atoms with Crippen molar-refractivity contribution < 1.29 is 48.3 Å². The van der Waals surface area contributed by atoms with Crippen LogP contribution in [-0.2, 0) is 4.74 Å². The molecular weight excluding hydrogens is 761 g/mol. The average Bonchev–Trinajstić information content (AvgIpc) is 3.28. The highest BCUT2D eigenvalue weighted by molar-refractivity contribution is 5.97. The van der Waals surface area contributed by atoms with Crippen molar-refractivity contribution in [2.75, 3.05) is 33.5 Å². The van der Waals surface area contributed by atoms with Gasteiger partial charge in [0.1, 0.15) is 28.6 Å². The largest absolute Gasteiger partial charge is 0.494 e. The van der Waals surface area contributed by atoms with Crippen molar-refractivity contribution in [1.29, 1.82) is 0 Å². The summed E-state index contributed by atoms with van der Waals surface area (Å²) in [6.07, 6.45) is 7.50. The molecule has 0 aliphatic heterocycles. The summed E-state index contributed by atoms with van der Waals surface area (Å²) in [5, 5.41) is 17.7. The number of aliphatic hydroxyl groups excluding tert-OH is 2. The molecule has 0 amide bonds. The second kappa shape index (κ2) is 24.2.